The molecule has 0 bridgehead atoms. The first kappa shape index (κ1) is 10.9. The molecular weight excluding hydrogens is 176 g/mol. The van der Waals surface area contributed by atoms with Gasteiger partial charge in [0.1, 0.15) is 0 Å². The Kier molecular flexibility index (Phi) is 4.26. The summed E-state index contributed by atoms with van der Waals surface area (Å²) in [5.41, 5.74) is 6.08. The number of carbonyl (C=O) groups excluding carboxylic acids is 1. The summed E-state index contributed by atoms with van der Waals surface area (Å²) in [6.45, 7) is 2.58. The van der Waals surface area contributed by atoms with E-state index in [-0.39, 0.29) is 11.7 Å². The van der Waals surface area contributed by atoms with Gasteiger partial charge in [0.15, 0.2) is 5.78 Å². The van der Waals surface area contributed by atoms with Crippen LogP contribution in [0.3, 0.4) is 0 Å². The van der Waals surface area contributed by atoms with E-state index in [1.165, 1.54) is 0 Å². The van der Waals surface area contributed by atoms with Crippen LogP contribution < -0.4 is 5.73 Å². The highest BCUT2D eigenvalue weighted by atomic mass is 16.1. The number of rotatable bonds is 5. The van der Waals surface area contributed by atoms with Crippen molar-refractivity contribution in [2.45, 2.75) is 19.8 Å². The molecule has 0 aliphatic carbocycles. The fraction of sp³-hybridized carbons (Fsp3) is 0.455. The Morgan fingerprint density at radius 3 is 3.00 bits per heavy atom. The maximum atomic E-state index is 11.8. The van der Waals surface area contributed by atoms with Crippen molar-refractivity contribution < 1.29 is 4.79 Å². The third-order valence-corrected chi connectivity index (χ3v) is 2.23. The van der Waals surface area contributed by atoms with E-state index in [1.807, 2.05) is 6.92 Å². The van der Waals surface area contributed by atoms with Crippen molar-refractivity contribution in [2.75, 3.05) is 6.54 Å². The lowest BCUT2D eigenvalue weighted by Gasteiger charge is -2.08. The molecule has 3 nitrogen and oxygen atoms in total. The van der Waals surface area contributed by atoms with Crippen molar-refractivity contribution in [3.05, 3.63) is 30.1 Å². The minimum atomic E-state index is 0.0442. The van der Waals surface area contributed by atoms with E-state index in [1.54, 1.807) is 24.5 Å². The fourth-order valence-electron chi connectivity index (χ4n) is 1.35. The Morgan fingerprint density at radius 1 is 1.64 bits per heavy atom. The van der Waals surface area contributed by atoms with Gasteiger partial charge < -0.3 is 5.73 Å². The molecule has 0 saturated carbocycles. The molecule has 1 atom stereocenters. The van der Waals surface area contributed by atoms with E-state index in [4.69, 9.17) is 5.73 Å². The molecule has 1 aromatic rings. The van der Waals surface area contributed by atoms with Crippen LogP contribution in [-0.4, -0.2) is 17.3 Å². The molecule has 0 fully saturated rings. The van der Waals surface area contributed by atoms with Crippen molar-refractivity contribution >= 4 is 5.78 Å². The SMILES string of the molecule is CC(CCCN)C(=O)c1cccnc1. The van der Waals surface area contributed by atoms with E-state index in [0.29, 0.717) is 12.1 Å². The molecule has 0 amide bonds. The lowest BCUT2D eigenvalue weighted by molar-refractivity contribution is 0.0923. The van der Waals surface area contributed by atoms with Crippen LogP contribution in [0.1, 0.15) is 30.1 Å². The van der Waals surface area contributed by atoms with Crippen LogP contribution in [0.4, 0.5) is 0 Å². The summed E-state index contributed by atoms with van der Waals surface area (Å²) in [5.74, 6) is 0.203. The molecule has 1 rings (SSSR count). The first-order valence-corrected chi connectivity index (χ1v) is 4.90. The average Bonchev–Trinajstić information content (AvgIpc) is 2.26. The van der Waals surface area contributed by atoms with Crippen LogP contribution in [0.25, 0.3) is 0 Å². The molecule has 1 aromatic heterocycles. The van der Waals surface area contributed by atoms with Crippen LogP contribution in [-0.2, 0) is 0 Å². The van der Waals surface area contributed by atoms with Crippen molar-refractivity contribution in [1.82, 2.24) is 4.98 Å². The van der Waals surface area contributed by atoms with E-state index in [0.717, 1.165) is 12.8 Å². The van der Waals surface area contributed by atoms with Gasteiger partial charge in [-0.25, -0.2) is 0 Å². The fourth-order valence-corrected chi connectivity index (χ4v) is 1.35. The molecule has 0 radical (unpaired) electrons. The Morgan fingerprint density at radius 2 is 2.43 bits per heavy atom. The van der Waals surface area contributed by atoms with E-state index >= 15 is 0 Å². The first-order chi connectivity index (χ1) is 6.75. The molecular formula is C11H16N2O. The highest BCUT2D eigenvalue weighted by molar-refractivity contribution is 5.97. The largest absolute Gasteiger partial charge is 0.330 e. The summed E-state index contributed by atoms with van der Waals surface area (Å²) in [5, 5.41) is 0. The summed E-state index contributed by atoms with van der Waals surface area (Å²) in [7, 11) is 0. The Hall–Kier alpha value is -1.22. The molecule has 0 saturated heterocycles. The number of carbonyl (C=O) groups is 1. The van der Waals surface area contributed by atoms with Crippen LogP contribution in [0, 0.1) is 5.92 Å². The van der Waals surface area contributed by atoms with Gasteiger partial charge in [-0.3, -0.25) is 9.78 Å². The summed E-state index contributed by atoms with van der Waals surface area (Å²) in [4.78, 5) is 15.7. The second-order valence-electron chi connectivity index (χ2n) is 3.44. The quantitative estimate of drug-likeness (QED) is 0.721. The van der Waals surface area contributed by atoms with Crippen molar-refractivity contribution in [2.24, 2.45) is 11.7 Å². The summed E-state index contributed by atoms with van der Waals surface area (Å²) in [6, 6.07) is 3.58. The number of Topliss-reactive ketones (excluding diaryl/α,β-unsaturated/α-hetero) is 1. The molecule has 0 aliphatic rings. The highest BCUT2D eigenvalue weighted by Crippen LogP contribution is 2.12. The van der Waals surface area contributed by atoms with Gasteiger partial charge in [0, 0.05) is 23.9 Å². The van der Waals surface area contributed by atoms with Crippen LogP contribution >= 0.6 is 0 Å². The zero-order chi connectivity index (χ0) is 10.4. The monoisotopic (exact) mass is 192 g/mol. The predicted octanol–water partition coefficient (Wildman–Crippen LogP) is 1.64. The van der Waals surface area contributed by atoms with E-state index < -0.39 is 0 Å². The van der Waals surface area contributed by atoms with Crippen molar-refractivity contribution in [3.63, 3.8) is 0 Å². The normalized spacial score (nSPS) is 12.4. The summed E-state index contributed by atoms with van der Waals surface area (Å²) < 4.78 is 0. The van der Waals surface area contributed by atoms with Gasteiger partial charge >= 0.3 is 0 Å². The topological polar surface area (TPSA) is 56.0 Å². The maximum Gasteiger partial charge on any atom is 0.167 e. The van der Waals surface area contributed by atoms with Gasteiger partial charge in [-0.15, -0.1) is 0 Å². The van der Waals surface area contributed by atoms with Gasteiger partial charge in [0.25, 0.3) is 0 Å². The number of nitrogens with two attached hydrogens (primary N) is 1. The van der Waals surface area contributed by atoms with Crippen LogP contribution in [0.2, 0.25) is 0 Å². The molecule has 14 heavy (non-hydrogen) atoms. The minimum absolute atomic E-state index is 0.0442. The van der Waals surface area contributed by atoms with Crippen molar-refractivity contribution in [1.29, 1.82) is 0 Å². The smallest absolute Gasteiger partial charge is 0.167 e. The number of nitrogens with zero attached hydrogens (tertiary/aromatic N) is 1. The summed E-state index contributed by atoms with van der Waals surface area (Å²) in [6.07, 6.45) is 5.03. The number of pyridine rings is 1. The highest BCUT2D eigenvalue weighted by Gasteiger charge is 2.13. The molecule has 3 heteroatoms. The number of hydrogen-bond donors (Lipinski definition) is 1. The van der Waals surface area contributed by atoms with Gasteiger partial charge in [-0.2, -0.15) is 0 Å². The lowest BCUT2D eigenvalue weighted by atomic mass is 9.96. The Balaban J connectivity index is 2.57. The molecule has 0 spiro atoms. The zero-order valence-electron chi connectivity index (χ0n) is 8.44. The molecule has 2 N–H and O–H groups in total. The van der Waals surface area contributed by atoms with Gasteiger partial charge in [0.2, 0.25) is 0 Å². The predicted molar refractivity (Wildman–Crippen MR) is 56.0 cm³/mol. The minimum Gasteiger partial charge on any atom is -0.330 e. The molecule has 1 unspecified atom stereocenters. The van der Waals surface area contributed by atoms with Crippen LogP contribution in [0.5, 0.6) is 0 Å². The standard InChI is InChI=1S/C11H16N2O/c1-9(4-2-6-12)11(14)10-5-3-7-13-8-10/h3,5,7-9H,2,4,6,12H2,1H3. The van der Waals surface area contributed by atoms with E-state index in [2.05, 4.69) is 4.98 Å². The third kappa shape index (κ3) is 2.92. The van der Waals surface area contributed by atoms with E-state index in [9.17, 15) is 4.79 Å². The first-order valence-electron chi connectivity index (χ1n) is 4.90. The maximum absolute atomic E-state index is 11.8. The van der Waals surface area contributed by atoms with Gasteiger partial charge in [-0.05, 0) is 31.5 Å². The van der Waals surface area contributed by atoms with Gasteiger partial charge in [0.05, 0.1) is 0 Å². The van der Waals surface area contributed by atoms with Crippen LogP contribution in [0.15, 0.2) is 24.5 Å². The second-order valence-corrected chi connectivity index (χ2v) is 3.44. The molecule has 0 aliphatic heterocycles. The lowest BCUT2D eigenvalue weighted by Crippen LogP contribution is -2.13. The molecule has 0 aromatic carbocycles. The molecule has 76 valence electrons. The second kappa shape index (κ2) is 5.50. The Labute approximate surface area is 84.3 Å². The summed E-state index contributed by atoms with van der Waals surface area (Å²) >= 11 is 0. The van der Waals surface area contributed by atoms with Crippen molar-refractivity contribution in [3.8, 4) is 0 Å². The molecule has 1 heterocycles. The third-order valence-electron chi connectivity index (χ3n) is 2.23. The number of ketones is 1. The number of aromatic nitrogens is 1. The zero-order valence-corrected chi connectivity index (χ0v) is 8.44. The van der Waals surface area contributed by atoms with Gasteiger partial charge in [-0.1, -0.05) is 6.92 Å². The number of hydrogen-bond acceptors (Lipinski definition) is 3. The Bertz CT molecular complexity index is 285. The average molecular weight is 192 g/mol.